The Kier molecular flexibility index (Phi) is 8.85. The molecular formula is C29H34N4O6. The summed E-state index contributed by atoms with van der Waals surface area (Å²) in [4.78, 5) is 45.5. The number of methoxy groups -OCH3 is 1. The average molecular weight is 535 g/mol. The quantitative estimate of drug-likeness (QED) is 0.528. The molecule has 0 saturated heterocycles. The lowest BCUT2D eigenvalue weighted by molar-refractivity contribution is -0.130. The summed E-state index contributed by atoms with van der Waals surface area (Å²) >= 11 is 0. The number of ether oxygens (including phenoxy) is 2. The topological polar surface area (TPSA) is 123 Å². The van der Waals surface area contributed by atoms with Gasteiger partial charge in [-0.25, -0.2) is 4.98 Å². The predicted octanol–water partition coefficient (Wildman–Crippen LogP) is 3.34. The van der Waals surface area contributed by atoms with Gasteiger partial charge in [0.05, 0.1) is 26.8 Å². The molecule has 10 nitrogen and oxygen atoms in total. The van der Waals surface area contributed by atoms with Gasteiger partial charge in [0.1, 0.15) is 17.5 Å². The molecular weight excluding hydrogens is 500 g/mol. The smallest absolute Gasteiger partial charge is 0.254 e. The fourth-order valence-electron chi connectivity index (χ4n) is 4.30. The Balaban J connectivity index is 1.64. The van der Waals surface area contributed by atoms with Gasteiger partial charge >= 0.3 is 0 Å². The van der Waals surface area contributed by atoms with Crippen LogP contribution in [-0.2, 0) is 16.1 Å². The first-order chi connectivity index (χ1) is 18.8. The first-order valence-corrected chi connectivity index (χ1v) is 13.0. The highest BCUT2D eigenvalue weighted by atomic mass is 16.5. The minimum absolute atomic E-state index is 0.130. The molecule has 0 spiro atoms. The van der Waals surface area contributed by atoms with Crippen LogP contribution in [0.1, 0.15) is 42.1 Å². The maximum atomic E-state index is 13.3. The number of carbonyl (C=O) groups excluding carboxylic acids is 3. The SMILES string of the molecule is COc1ccc2cc1OCCCN(C(=O)c1ccccc1)CC(=O)N[C@@H](C(C)C)C(=O)NCc1nc-2oc1C. The Morgan fingerprint density at radius 2 is 1.92 bits per heavy atom. The van der Waals surface area contributed by atoms with E-state index in [2.05, 4.69) is 15.6 Å². The molecule has 3 aromatic rings. The second-order valence-corrected chi connectivity index (χ2v) is 9.69. The van der Waals surface area contributed by atoms with Crippen LogP contribution in [0, 0.1) is 12.8 Å². The van der Waals surface area contributed by atoms with E-state index in [9.17, 15) is 14.4 Å². The number of nitrogens with zero attached hydrogens (tertiary/aromatic N) is 2. The number of carbonyl (C=O) groups is 3. The normalized spacial score (nSPS) is 16.9. The van der Waals surface area contributed by atoms with Crippen molar-refractivity contribution in [3.05, 3.63) is 65.5 Å². The number of amides is 3. The third kappa shape index (κ3) is 6.76. The number of oxazole rings is 1. The standard InChI is InChI=1S/C29H34N4O6/c1-18(2)26-27(35)30-16-22-19(3)39-28(31-22)21-11-12-23(37-4)24(15-21)38-14-8-13-33(17-25(34)32-26)29(36)20-9-6-5-7-10-20/h5-7,9-12,15,18,26H,8,13-14,16-17H2,1-4H3,(H,30,35)(H,32,34)/t26-/m0/s1. The Morgan fingerprint density at radius 3 is 2.64 bits per heavy atom. The van der Waals surface area contributed by atoms with E-state index in [4.69, 9.17) is 13.9 Å². The van der Waals surface area contributed by atoms with Gasteiger partial charge in [0.15, 0.2) is 11.5 Å². The molecule has 1 aromatic heterocycles. The minimum Gasteiger partial charge on any atom is -0.493 e. The molecule has 0 saturated carbocycles. The highest BCUT2D eigenvalue weighted by Gasteiger charge is 2.27. The van der Waals surface area contributed by atoms with Crippen molar-refractivity contribution < 1.29 is 28.3 Å². The summed E-state index contributed by atoms with van der Waals surface area (Å²) in [6.07, 6.45) is 0.454. The van der Waals surface area contributed by atoms with Crippen molar-refractivity contribution in [1.29, 1.82) is 0 Å². The molecule has 0 unspecified atom stereocenters. The summed E-state index contributed by atoms with van der Waals surface area (Å²) in [5.41, 5.74) is 1.74. The van der Waals surface area contributed by atoms with Crippen molar-refractivity contribution in [1.82, 2.24) is 20.5 Å². The molecule has 0 fully saturated rings. The van der Waals surface area contributed by atoms with Gasteiger partial charge in [-0.3, -0.25) is 14.4 Å². The summed E-state index contributed by atoms with van der Waals surface area (Å²) < 4.78 is 17.4. The highest BCUT2D eigenvalue weighted by molar-refractivity contribution is 5.97. The van der Waals surface area contributed by atoms with Gasteiger partial charge < -0.3 is 29.4 Å². The number of aromatic nitrogens is 1. The maximum absolute atomic E-state index is 13.3. The average Bonchev–Trinajstić information content (AvgIpc) is 3.31. The van der Waals surface area contributed by atoms with Gasteiger partial charge in [0, 0.05) is 17.7 Å². The fraction of sp³-hybridized carbons (Fsp3) is 0.379. The van der Waals surface area contributed by atoms with Gasteiger partial charge in [0.2, 0.25) is 17.7 Å². The van der Waals surface area contributed by atoms with Crippen LogP contribution in [0.4, 0.5) is 0 Å². The molecule has 4 bridgehead atoms. The molecule has 2 heterocycles. The molecule has 3 amide bonds. The molecule has 1 aliphatic heterocycles. The van der Waals surface area contributed by atoms with E-state index in [0.717, 1.165) is 0 Å². The van der Waals surface area contributed by atoms with Crippen molar-refractivity contribution >= 4 is 17.7 Å². The first-order valence-electron chi connectivity index (χ1n) is 13.0. The molecule has 10 heteroatoms. The van der Waals surface area contributed by atoms with E-state index >= 15 is 0 Å². The maximum Gasteiger partial charge on any atom is 0.254 e. The Bertz CT molecular complexity index is 1320. The monoisotopic (exact) mass is 534 g/mol. The zero-order chi connectivity index (χ0) is 27.9. The van der Waals surface area contributed by atoms with Crippen LogP contribution in [0.3, 0.4) is 0 Å². The van der Waals surface area contributed by atoms with E-state index in [1.807, 2.05) is 26.0 Å². The number of benzene rings is 2. The number of aryl methyl sites for hydroxylation is 1. The molecule has 0 aliphatic carbocycles. The lowest BCUT2D eigenvalue weighted by Crippen LogP contribution is -2.52. The van der Waals surface area contributed by atoms with E-state index in [1.54, 1.807) is 50.4 Å². The third-order valence-electron chi connectivity index (χ3n) is 6.47. The molecule has 1 atom stereocenters. The van der Waals surface area contributed by atoms with Crippen molar-refractivity contribution in [2.45, 2.75) is 39.8 Å². The summed E-state index contributed by atoms with van der Waals surface area (Å²) in [5.74, 6) is 0.771. The zero-order valence-corrected chi connectivity index (χ0v) is 22.7. The Hall–Kier alpha value is -4.34. The van der Waals surface area contributed by atoms with Gasteiger partial charge in [-0.1, -0.05) is 32.0 Å². The first kappa shape index (κ1) is 27.7. The second-order valence-electron chi connectivity index (χ2n) is 9.69. The lowest BCUT2D eigenvalue weighted by Gasteiger charge is -2.26. The zero-order valence-electron chi connectivity index (χ0n) is 22.7. The Morgan fingerprint density at radius 1 is 1.15 bits per heavy atom. The third-order valence-corrected chi connectivity index (χ3v) is 6.47. The summed E-state index contributed by atoms with van der Waals surface area (Å²) in [7, 11) is 1.56. The van der Waals surface area contributed by atoms with Crippen LogP contribution < -0.4 is 20.1 Å². The number of rotatable bonds is 3. The molecule has 0 radical (unpaired) electrons. The van der Waals surface area contributed by atoms with Crippen molar-refractivity contribution in [2.75, 3.05) is 26.8 Å². The molecule has 2 N–H and O–H groups in total. The van der Waals surface area contributed by atoms with E-state index in [-0.39, 0.29) is 44.0 Å². The number of hydrogen-bond donors (Lipinski definition) is 2. The van der Waals surface area contributed by atoms with Gasteiger partial charge in [-0.2, -0.15) is 0 Å². The number of fused-ring (bicyclic) bond motifs is 5. The number of nitrogens with one attached hydrogen (secondary N) is 2. The molecule has 2 aromatic carbocycles. The molecule has 4 rings (SSSR count). The number of hydrogen-bond acceptors (Lipinski definition) is 7. The van der Waals surface area contributed by atoms with Crippen LogP contribution >= 0.6 is 0 Å². The second kappa shape index (κ2) is 12.5. The van der Waals surface area contributed by atoms with Gasteiger partial charge in [-0.05, 0) is 49.6 Å². The van der Waals surface area contributed by atoms with Crippen molar-refractivity contribution in [3.8, 4) is 23.0 Å². The van der Waals surface area contributed by atoms with Crippen LogP contribution in [0.2, 0.25) is 0 Å². The molecule has 39 heavy (non-hydrogen) atoms. The van der Waals surface area contributed by atoms with Crippen LogP contribution in [0.25, 0.3) is 11.5 Å². The molecule has 1 aliphatic rings. The van der Waals surface area contributed by atoms with Crippen LogP contribution in [0.5, 0.6) is 11.5 Å². The van der Waals surface area contributed by atoms with Crippen molar-refractivity contribution in [3.63, 3.8) is 0 Å². The summed E-state index contributed by atoms with van der Waals surface area (Å²) in [6.45, 7) is 5.95. The lowest BCUT2D eigenvalue weighted by atomic mass is 10.0. The van der Waals surface area contributed by atoms with E-state index < -0.39 is 11.9 Å². The summed E-state index contributed by atoms with van der Waals surface area (Å²) in [6, 6.07) is 13.4. The van der Waals surface area contributed by atoms with E-state index in [1.165, 1.54) is 4.90 Å². The fourth-order valence-corrected chi connectivity index (χ4v) is 4.30. The molecule has 206 valence electrons. The minimum atomic E-state index is -0.788. The van der Waals surface area contributed by atoms with Crippen LogP contribution in [0.15, 0.2) is 52.9 Å². The summed E-state index contributed by atoms with van der Waals surface area (Å²) in [5, 5.41) is 5.66. The van der Waals surface area contributed by atoms with Gasteiger partial charge in [-0.15, -0.1) is 0 Å². The Labute approximate surface area is 227 Å². The van der Waals surface area contributed by atoms with Crippen molar-refractivity contribution in [2.24, 2.45) is 5.92 Å². The van der Waals surface area contributed by atoms with Crippen LogP contribution in [-0.4, -0.2) is 60.5 Å². The predicted molar refractivity (Wildman–Crippen MR) is 144 cm³/mol. The van der Waals surface area contributed by atoms with E-state index in [0.29, 0.717) is 46.4 Å². The highest BCUT2D eigenvalue weighted by Crippen LogP contribution is 2.33. The van der Waals surface area contributed by atoms with Gasteiger partial charge in [0.25, 0.3) is 5.91 Å². The largest absolute Gasteiger partial charge is 0.493 e.